The number of carboxylic acids is 1. The van der Waals surface area contributed by atoms with Gasteiger partial charge >= 0.3 is 5.97 Å². The minimum atomic E-state index is -0.993. The summed E-state index contributed by atoms with van der Waals surface area (Å²) in [5, 5.41) is 16.9. The Kier molecular flexibility index (Phi) is 3.06. The van der Waals surface area contributed by atoms with Crippen LogP contribution in [0.15, 0.2) is 24.3 Å². The standard InChI is InChI=1S/C14H13N3O3/c18-8-12-13(9-3-1-4-9)17(16-15-12)11-6-2-5-10(7-11)14(19)20/h2,5-9H,1,3-4H2,(H,19,20). The number of carboxylic acid groups (broad SMARTS) is 1. The number of hydrogen-bond acceptors (Lipinski definition) is 4. The average Bonchev–Trinajstić information content (AvgIpc) is 2.80. The maximum absolute atomic E-state index is 11.1. The topological polar surface area (TPSA) is 85.1 Å². The molecule has 0 aliphatic heterocycles. The molecule has 0 amide bonds. The summed E-state index contributed by atoms with van der Waals surface area (Å²) in [5.41, 5.74) is 1.93. The highest BCUT2D eigenvalue weighted by Crippen LogP contribution is 2.38. The molecule has 0 spiro atoms. The zero-order chi connectivity index (χ0) is 14.1. The summed E-state index contributed by atoms with van der Waals surface area (Å²) in [6.07, 6.45) is 3.85. The predicted octanol–water partition coefficient (Wildman–Crippen LogP) is 2.05. The van der Waals surface area contributed by atoms with Gasteiger partial charge in [-0.3, -0.25) is 4.79 Å². The van der Waals surface area contributed by atoms with Crippen molar-refractivity contribution in [3.8, 4) is 5.69 Å². The Morgan fingerprint density at radius 2 is 2.20 bits per heavy atom. The van der Waals surface area contributed by atoms with Gasteiger partial charge in [-0.25, -0.2) is 9.48 Å². The summed E-state index contributed by atoms with van der Waals surface area (Å²) in [5.74, 6) is -0.716. The number of rotatable bonds is 4. The third-order valence-corrected chi connectivity index (χ3v) is 3.67. The maximum Gasteiger partial charge on any atom is 0.335 e. The van der Waals surface area contributed by atoms with Crippen molar-refractivity contribution in [2.75, 3.05) is 0 Å². The van der Waals surface area contributed by atoms with Crippen molar-refractivity contribution in [3.05, 3.63) is 41.2 Å². The monoisotopic (exact) mass is 271 g/mol. The van der Waals surface area contributed by atoms with E-state index < -0.39 is 5.97 Å². The predicted molar refractivity (Wildman–Crippen MR) is 70.3 cm³/mol. The van der Waals surface area contributed by atoms with Crippen molar-refractivity contribution < 1.29 is 14.7 Å². The van der Waals surface area contributed by atoms with E-state index in [0.717, 1.165) is 25.0 Å². The van der Waals surface area contributed by atoms with E-state index in [4.69, 9.17) is 5.11 Å². The zero-order valence-corrected chi connectivity index (χ0v) is 10.7. The number of nitrogens with zero attached hydrogens (tertiary/aromatic N) is 3. The first-order valence-electron chi connectivity index (χ1n) is 6.45. The Bertz CT molecular complexity index is 674. The first-order chi connectivity index (χ1) is 9.70. The van der Waals surface area contributed by atoms with Crippen LogP contribution in [-0.2, 0) is 0 Å². The van der Waals surface area contributed by atoms with Crippen LogP contribution in [0.5, 0.6) is 0 Å². The lowest BCUT2D eigenvalue weighted by Crippen LogP contribution is -2.16. The molecular weight excluding hydrogens is 258 g/mol. The van der Waals surface area contributed by atoms with Crippen molar-refractivity contribution in [2.24, 2.45) is 0 Å². The molecule has 20 heavy (non-hydrogen) atoms. The van der Waals surface area contributed by atoms with E-state index in [1.165, 1.54) is 12.1 Å². The second-order valence-electron chi connectivity index (χ2n) is 4.87. The summed E-state index contributed by atoms with van der Waals surface area (Å²) in [6.45, 7) is 0. The molecule has 0 atom stereocenters. The van der Waals surface area contributed by atoms with Crippen molar-refractivity contribution in [3.63, 3.8) is 0 Å². The first kappa shape index (κ1) is 12.5. The van der Waals surface area contributed by atoms with Gasteiger partial charge in [0, 0.05) is 5.92 Å². The molecule has 3 rings (SSSR count). The van der Waals surface area contributed by atoms with Crippen molar-refractivity contribution in [1.29, 1.82) is 0 Å². The van der Waals surface area contributed by atoms with Gasteiger partial charge in [-0.2, -0.15) is 0 Å². The molecule has 1 aromatic heterocycles. The largest absolute Gasteiger partial charge is 0.478 e. The highest BCUT2D eigenvalue weighted by molar-refractivity contribution is 5.88. The van der Waals surface area contributed by atoms with Gasteiger partial charge in [0.25, 0.3) is 0 Å². The van der Waals surface area contributed by atoms with Crippen LogP contribution in [0.2, 0.25) is 0 Å². The molecule has 0 unspecified atom stereocenters. The van der Waals surface area contributed by atoms with Crippen LogP contribution in [0, 0.1) is 0 Å². The number of carbonyl (C=O) groups excluding carboxylic acids is 1. The summed E-state index contributed by atoms with van der Waals surface area (Å²) in [7, 11) is 0. The van der Waals surface area contributed by atoms with Crippen molar-refractivity contribution in [1.82, 2.24) is 15.0 Å². The van der Waals surface area contributed by atoms with Gasteiger partial charge in [-0.15, -0.1) is 5.10 Å². The van der Waals surface area contributed by atoms with E-state index >= 15 is 0 Å². The highest BCUT2D eigenvalue weighted by atomic mass is 16.4. The molecule has 6 nitrogen and oxygen atoms in total. The minimum absolute atomic E-state index is 0.185. The van der Waals surface area contributed by atoms with E-state index in [9.17, 15) is 9.59 Å². The fourth-order valence-corrected chi connectivity index (χ4v) is 2.41. The van der Waals surface area contributed by atoms with Gasteiger partial charge in [0.15, 0.2) is 6.29 Å². The van der Waals surface area contributed by atoms with Gasteiger partial charge in [0.1, 0.15) is 5.69 Å². The van der Waals surface area contributed by atoms with E-state index in [2.05, 4.69) is 10.3 Å². The molecule has 2 aromatic rings. The number of aldehydes is 1. The van der Waals surface area contributed by atoms with Crippen LogP contribution >= 0.6 is 0 Å². The summed E-state index contributed by atoms with van der Waals surface area (Å²) in [6, 6.07) is 6.48. The third kappa shape index (κ3) is 1.99. The number of carbonyl (C=O) groups is 2. The molecule has 1 aromatic carbocycles. The Hall–Kier alpha value is -2.50. The van der Waals surface area contributed by atoms with E-state index in [-0.39, 0.29) is 11.5 Å². The second kappa shape index (κ2) is 4.88. The first-order valence-corrected chi connectivity index (χ1v) is 6.45. The Morgan fingerprint density at radius 1 is 1.40 bits per heavy atom. The van der Waals surface area contributed by atoms with Gasteiger partial charge in [-0.1, -0.05) is 17.7 Å². The van der Waals surface area contributed by atoms with E-state index in [0.29, 0.717) is 17.7 Å². The molecule has 0 saturated heterocycles. The molecular formula is C14H13N3O3. The zero-order valence-electron chi connectivity index (χ0n) is 10.7. The lowest BCUT2D eigenvalue weighted by Gasteiger charge is -2.26. The molecule has 1 aliphatic rings. The summed E-state index contributed by atoms with van der Waals surface area (Å²) >= 11 is 0. The Balaban J connectivity index is 2.09. The minimum Gasteiger partial charge on any atom is -0.478 e. The Morgan fingerprint density at radius 3 is 2.80 bits per heavy atom. The van der Waals surface area contributed by atoms with Crippen molar-refractivity contribution in [2.45, 2.75) is 25.2 Å². The van der Waals surface area contributed by atoms with Gasteiger partial charge in [-0.05, 0) is 31.0 Å². The molecule has 102 valence electrons. The fourth-order valence-electron chi connectivity index (χ4n) is 2.41. The second-order valence-corrected chi connectivity index (χ2v) is 4.87. The SMILES string of the molecule is O=Cc1nnn(-c2cccc(C(=O)O)c2)c1C1CCC1. The lowest BCUT2D eigenvalue weighted by molar-refractivity contribution is 0.0696. The fraction of sp³-hybridized carbons (Fsp3) is 0.286. The number of hydrogen-bond donors (Lipinski definition) is 1. The van der Waals surface area contributed by atoms with Gasteiger partial charge in [0.05, 0.1) is 16.9 Å². The lowest BCUT2D eigenvalue weighted by atomic mass is 9.82. The van der Waals surface area contributed by atoms with E-state index in [1.807, 2.05) is 0 Å². The van der Waals surface area contributed by atoms with Crippen LogP contribution in [-0.4, -0.2) is 32.4 Å². The molecule has 1 saturated carbocycles. The van der Waals surface area contributed by atoms with Crippen molar-refractivity contribution >= 4 is 12.3 Å². The number of aromatic carboxylic acids is 1. The van der Waals surface area contributed by atoms with E-state index in [1.54, 1.807) is 16.8 Å². The summed E-state index contributed by atoms with van der Waals surface area (Å²) < 4.78 is 1.58. The normalized spacial score (nSPS) is 14.8. The third-order valence-electron chi connectivity index (χ3n) is 3.67. The maximum atomic E-state index is 11.1. The molecule has 1 aliphatic carbocycles. The molecule has 1 heterocycles. The van der Waals surface area contributed by atoms with Crippen LogP contribution in [0.1, 0.15) is 51.7 Å². The number of benzene rings is 1. The van der Waals surface area contributed by atoms with Crippen LogP contribution in [0.4, 0.5) is 0 Å². The van der Waals surface area contributed by atoms with Crippen LogP contribution in [0.25, 0.3) is 5.69 Å². The quantitative estimate of drug-likeness (QED) is 0.860. The highest BCUT2D eigenvalue weighted by Gasteiger charge is 2.28. The summed E-state index contributed by atoms with van der Waals surface area (Å²) in [4.78, 5) is 22.1. The smallest absolute Gasteiger partial charge is 0.335 e. The molecule has 1 N–H and O–H groups in total. The molecule has 6 heteroatoms. The average molecular weight is 271 g/mol. The van der Waals surface area contributed by atoms with Crippen LogP contribution in [0.3, 0.4) is 0 Å². The molecule has 0 bridgehead atoms. The number of aromatic nitrogens is 3. The Labute approximate surface area is 115 Å². The molecule has 1 fully saturated rings. The molecule has 0 radical (unpaired) electrons. The van der Waals surface area contributed by atoms with Crippen LogP contribution < -0.4 is 0 Å². The van der Waals surface area contributed by atoms with Gasteiger partial charge < -0.3 is 5.11 Å². The van der Waals surface area contributed by atoms with Gasteiger partial charge in [0.2, 0.25) is 0 Å².